The van der Waals surface area contributed by atoms with Crippen LogP contribution in [-0.2, 0) is 4.79 Å². The zero-order valence-corrected chi connectivity index (χ0v) is 16.6. The second-order valence-electron chi connectivity index (χ2n) is 8.31. The molecule has 3 aliphatic rings. The van der Waals surface area contributed by atoms with Crippen molar-refractivity contribution < 1.29 is 9.53 Å². The minimum Gasteiger partial charge on any atom is -0.493 e. The average Bonchev–Trinajstić information content (AvgIpc) is 3.28. The van der Waals surface area contributed by atoms with E-state index in [0.717, 1.165) is 55.7 Å². The maximum atomic E-state index is 13.0. The van der Waals surface area contributed by atoms with Gasteiger partial charge in [-0.1, -0.05) is 18.2 Å². The molecule has 1 unspecified atom stereocenters. The first kappa shape index (κ1) is 18.5. The highest BCUT2D eigenvalue weighted by molar-refractivity contribution is 6.01. The van der Waals surface area contributed by atoms with Crippen molar-refractivity contribution in [3.05, 3.63) is 54.1 Å². The topological polar surface area (TPSA) is 65.6 Å². The van der Waals surface area contributed by atoms with Crippen molar-refractivity contribution in [3.8, 4) is 5.75 Å². The standard InChI is InChI=1S/C23H28N4O2/c28-23-22(26-19-2-1-3-21(12-19)29-15-16-4-5-16)10-11-27(23)20-8-6-17(7-9-20)18-13-24-25-14-18/h1-3,6-9,12,16,18,22,24-26H,4-5,10-11,13-15H2. The second kappa shape index (κ2) is 8.05. The van der Waals surface area contributed by atoms with Gasteiger partial charge in [0, 0.05) is 43.0 Å². The molecule has 3 N–H and O–H groups in total. The fraction of sp³-hybridized carbons (Fsp3) is 0.435. The molecule has 0 bridgehead atoms. The van der Waals surface area contributed by atoms with Gasteiger partial charge < -0.3 is 15.0 Å². The van der Waals surface area contributed by atoms with Crippen molar-refractivity contribution in [2.45, 2.75) is 31.2 Å². The van der Waals surface area contributed by atoms with Gasteiger partial charge in [0.05, 0.1) is 6.61 Å². The smallest absolute Gasteiger partial charge is 0.249 e. The Bertz CT molecular complexity index is 859. The van der Waals surface area contributed by atoms with Gasteiger partial charge in [0.15, 0.2) is 0 Å². The van der Waals surface area contributed by atoms with Crippen LogP contribution in [0.1, 0.15) is 30.7 Å². The lowest BCUT2D eigenvalue weighted by molar-refractivity contribution is -0.117. The Labute approximate surface area is 171 Å². The number of rotatable bonds is 7. The minimum absolute atomic E-state index is 0.131. The summed E-state index contributed by atoms with van der Waals surface area (Å²) in [4.78, 5) is 14.9. The van der Waals surface area contributed by atoms with Crippen LogP contribution in [0.3, 0.4) is 0 Å². The molecular formula is C23H28N4O2. The van der Waals surface area contributed by atoms with Crippen molar-refractivity contribution in [1.82, 2.24) is 10.9 Å². The van der Waals surface area contributed by atoms with Crippen molar-refractivity contribution in [2.24, 2.45) is 5.92 Å². The second-order valence-corrected chi connectivity index (χ2v) is 8.31. The highest BCUT2D eigenvalue weighted by Crippen LogP contribution is 2.30. The first-order valence-electron chi connectivity index (χ1n) is 10.6. The Kier molecular flexibility index (Phi) is 5.12. The Morgan fingerprint density at radius 1 is 1.03 bits per heavy atom. The first-order chi connectivity index (χ1) is 14.3. The lowest BCUT2D eigenvalue weighted by Gasteiger charge is -2.19. The summed E-state index contributed by atoms with van der Waals surface area (Å²) in [5.41, 5.74) is 9.55. The van der Waals surface area contributed by atoms with E-state index in [1.807, 2.05) is 29.2 Å². The van der Waals surface area contributed by atoms with Crippen LogP contribution in [-0.4, -0.2) is 38.2 Å². The van der Waals surface area contributed by atoms with Gasteiger partial charge in [-0.15, -0.1) is 0 Å². The van der Waals surface area contributed by atoms with Crippen molar-refractivity contribution in [2.75, 3.05) is 36.5 Å². The van der Waals surface area contributed by atoms with Crippen molar-refractivity contribution >= 4 is 17.3 Å². The molecule has 2 aromatic rings. The zero-order valence-electron chi connectivity index (χ0n) is 16.6. The minimum atomic E-state index is -0.198. The molecule has 1 saturated carbocycles. The van der Waals surface area contributed by atoms with E-state index in [2.05, 4.69) is 40.4 Å². The molecule has 2 aliphatic heterocycles. The number of nitrogens with one attached hydrogen (secondary N) is 3. The molecule has 29 heavy (non-hydrogen) atoms. The van der Waals surface area contributed by atoms with Gasteiger partial charge in [0.2, 0.25) is 5.91 Å². The number of hydrogen-bond donors (Lipinski definition) is 3. The molecule has 1 amide bonds. The highest BCUT2D eigenvalue weighted by Gasteiger charge is 2.32. The summed E-state index contributed by atoms with van der Waals surface area (Å²) in [5, 5.41) is 3.40. The number of anilines is 2. The first-order valence-corrected chi connectivity index (χ1v) is 10.6. The number of ether oxygens (including phenoxy) is 1. The Hall–Kier alpha value is -2.57. The van der Waals surface area contributed by atoms with Crippen LogP contribution in [0.15, 0.2) is 48.5 Å². The summed E-state index contributed by atoms with van der Waals surface area (Å²) in [6.07, 6.45) is 3.35. The molecule has 0 aromatic heterocycles. The van der Waals surface area contributed by atoms with E-state index in [4.69, 9.17) is 4.74 Å². The molecule has 152 valence electrons. The van der Waals surface area contributed by atoms with E-state index in [1.165, 1.54) is 18.4 Å². The van der Waals surface area contributed by atoms with E-state index >= 15 is 0 Å². The molecule has 1 atom stereocenters. The summed E-state index contributed by atoms with van der Waals surface area (Å²) in [7, 11) is 0. The molecule has 3 fully saturated rings. The van der Waals surface area contributed by atoms with Gasteiger partial charge in [-0.05, 0) is 55.0 Å². The molecule has 0 spiro atoms. The van der Waals surface area contributed by atoms with Gasteiger partial charge in [-0.2, -0.15) is 0 Å². The van der Waals surface area contributed by atoms with Crippen molar-refractivity contribution in [3.63, 3.8) is 0 Å². The Balaban J connectivity index is 1.21. The Morgan fingerprint density at radius 2 is 1.83 bits per heavy atom. The predicted molar refractivity (Wildman–Crippen MR) is 114 cm³/mol. The average molecular weight is 393 g/mol. The monoisotopic (exact) mass is 392 g/mol. The van der Waals surface area contributed by atoms with Gasteiger partial charge in [-0.3, -0.25) is 15.6 Å². The predicted octanol–water partition coefficient (Wildman–Crippen LogP) is 2.88. The molecular weight excluding hydrogens is 364 g/mol. The molecule has 5 rings (SSSR count). The summed E-state index contributed by atoms with van der Waals surface area (Å²) >= 11 is 0. The van der Waals surface area contributed by atoms with E-state index in [1.54, 1.807) is 0 Å². The molecule has 1 aliphatic carbocycles. The largest absolute Gasteiger partial charge is 0.493 e. The number of benzene rings is 2. The van der Waals surface area contributed by atoms with Gasteiger partial charge in [-0.25, -0.2) is 0 Å². The van der Waals surface area contributed by atoms with Crippen LogP contribution in [0.5, 0.6) is 5.75 Å². The van der Waals surface area contributed by atoms with Crippen LogP contribution >= 0.6 is 0 Å². The van der Waals surface area contributed by atoms with Crippen LogP contribution < -0.4 is 25.8 Å². The summed E-state index contributed by atoms with van der Waals surface area (Å²) in [6, 6.07) is 16.2. The molecule has 2 heterocycles. The van der Waals surface area contributed by atoms with Crippen LogP contribution in [0.25, 0.3) is 0 Å². The third-order valence-electron chi connectivity index (χ3n) is 6.06. The van der Waals surface area contributed by atoms with Crippen LogP contribution in [0.4, 0.5) is 11.4 Å². The van der Waals surface area contributed by atoms with Gasteiger partial charge in [0.25, 0.3) is 0 Å². The normalized spacial score (nSPS) is 22.3. The lowest BCUT2D eigenvalue weighted by Crippen LogP contribution is -2.33. The molecule has 0 radical (unpaired) electrons. The number of amides is 1. The fourth-order valence-electron chi connectivity index (χ4n) is 4.07. The van der Waals surface area contributed by atoms with E-state index in [0.29, 0.717) is 5.92 Å². The number of nitrogens with zero attached hydrogens (tertiary/aromatic N) is 1. The van der Waals surface area contributed by atoms with E-state index in [9.17, 15) is 4.79 Å². The van der Waals surface area contributed by atoms with E-state index < -0.39 is 0 Å². The molecule has 2 saturated heterocycles. The SMILES string of the molecule is O=C1C(Nc2cccc(OCC3CC3)c2)CCN1c1ccc(C2CNNC2)cc1. The summed E-state index contributed by atoms with van der Waals surface area (Å²) in [6.45, 7) is 3.41. The third kappa shape index (κ3) is 4.23. The number of carbonyl (C=O) groups is 1. The molecule has 2 aromatic carbocycles. The molecule has 6 heteroatoms. The zero-order chi connectivity index (χ0) is 19.6. The van der Waals surface area contributed by atoms with E-state index in [-0.39, 0.29) is 11.9 Å². The third-order valence-corrected chi connectivity index (χ3v) is 6.06. The summed E-state index contributed by atoms with van der Waals surface area (Å²) < 4.78 is 5.86. The number of hydrogen-bond acceptors (Lipinski definition) is 5. The highest BCUT2D eigenvalue weighted by atomic mass is 16.5. The van der Waals surface area contributed by atoms with Gasteiger partial charge >= 0.3 is 0 Å². The molecule has 6 nitrogen and oxygen atoms in total. The maximum absolute atomic E-state index is 13.0. The Morgan fingerprint density at radius 3 is 2.59 bits per heavy atom. The van der Waals surface area contributed by atoms with Crippen molar-refractivity contribution in [1.29, 1.82) is 0 Å². The van der Waals surface area contributed by atoms with Crippen LogP contribution in [0, 0.1) is 5.92 Å². The maximum Gasteiger partial charge on any atom is 0.249 e. The summed E-state index contributed by atoms with van der Waals surface area (Å²) in [5.74, 6) is 2.22. The fourth-order valence-corrected chi connectivity index (χ4v) is 4.07. The van der Waals surface area contributed by atoms with Gasteiger partial charge in [0.1, 0.15) is 11.8 Å². The van der Waals surface area contributed by atoms with Crippen LogP contribution in [0.2, 0.25) is 0 Å². The number of hydrazine groups is 1. The quantitative estimate of drug-likeness (QED) is 0.676. The lowest BCUT2D eigenvalue weighted by atomic mass is 10.00. The number of carbonyl (C=O) groups excluding carboxylic acids is 1.